The first kappa shape index (κ1) is 19.1. The van der Waals surface area contributed by atoms with E-state index in [1.165, 1.54) is 36.4 Å². The maximum Gasteiger partial charge on any atom is 0.339 e. The predicted octanol–water partition coefficient (Wildman–Crippen LogP) is 4.13. The van der Waals surface area contributed by atoms with E-state index < -0.39 is 16.7 Å². The van der Waals surface area contributed by atoms with Gasteiger partial charge in [0.2, 0.25) is 0 Å². The number of thioether (sulfide) groups is 1. The van der Waals surface area contributed by atoms with Gasteiger partial charge in [-0.15, -0.1) is 0 Å². The molecule has 1 heterocycles. The third kappa shape index (κ3) is 4.52. The third-order valence-corrected chi connectivity index (χ3v) is 4.45. The molecule has 2 aromatic carbocycles. The van der Waals surface area contributed by atoms with Gasteiger partial charge in [0.25, 0.3) is 11.4 Å². The number of hydrogen-bond donors (Lipinski definition) is 0. The molecule has 0 N–H and O–H groups in total. The van der Waals surface area contributed by atoms with Crippen LogP contribution >= 0.6 is 11.8 Å². The molecule has 2 aromatic rings. The van der Waals surface area contributed by atoms with Crippen LogP contribution in [0.4, 0.5) is 14.5 Å². The number of nitro groups is 1. The Labute approximate surface area is 156 Å². The summed E-state index contributed by atoms with van der Waals surface area (Å²) in [6.07, 6.45) is 0. The van der Waals surface area contributed by atoms with Crippen LogP contribution in [0.1, 0.15) is 21.5 Å². The van der Waals surface area contributed by atoms with Crippen molar-refractivity contribution in [2.75, 3.05) is 6.79 Å². The summed E-state index contributed by atoms with van der Waals surface area (Å²) in [4.78, 5) is 22.9. The van der Waals surface area contributed by atoms with E-state index in [-0.39, 0.29) is 47.9 Å². The molecule has 0 aliphatic carbocycles. The molecule has 0 aromatic heterocycles. The van der Waals surface area contributed by atoms with Crippen molar-refractivity contribution < 1.29 is 32.7 Å². The molecule has 0 unspecified atom stereocenters. The van der Waals surface area contributed by atoms with E-state index in [2.05, 4.69) is 0 Å². The number of hydrogen-bond acceptors (Lipinski definition) is 7. The summed E-state index contributed by atoms with van der Waals surface area (Å²) < 4.78 is 41.0. The van der Waals surface area contributed by atoms with Gasteiger partial charge in [-0.25, -0.2) is 4.79 Å². The van der Waals surface area contributed by atoms with Crippen molar-refractivity contribution in [1.29, 1.82) is 0 Å². The Bertz CT molecular complexity index is 876. The van der Waals surface area contributed by atoms with Gasteiger partial charge in [-0.2, -0.15) is 8.78 Å². The maximum atomic E-state index is 12.6. The van der Waals surface area contributed by atoms with Gasteiger partial charge in [-0.1, -0.05) is 23.9 Å². The van der Waals surface area contributed by atoms with Crippen LogP contribution in [0.5, 0.6) is 5.75 Å². The number of halogens is 2. The van der Waals surface area contributed by atoms with Gasteiger partial charge >= 0.3 is 5.97 Å². The molecule has 0 saturated heterocycles. The minimum atomic E-state index is -2.68. The quantitative estimate of drug-likeness (QED) is 0.313. The van der Waals surface area contributed by atoms with Gasteiger partial charge in [0, 0.05) is 28.2 Å². The van der Waals surface area contributed by atoms with Gasteiger partial charge < -0.3 is 14.2 Å². The maximum absolute atomic E-state index is 12.6. The molecule has 0 fully saturated rings. The van der Waals surface area contributed by atoms with E-state index in [9.17, 15) is 23.7 Å². The molecule has 1 aliphatic rings. The first-order valence-electron chi connectivity index (χ1n) is 7.67. The van der Waals surface area contributed by atoms with Gasteiger partial charge in [0.1, 0.15) is 12.4 Å². The lowest BCUT2D eigenvalue weighted by molar-refractivity contribution is -0.385. The molecule has 0 radical (unpaired) electrons. The highest BCUT2D eigenvalue weighted by molar-refractivity contribution is 7.99. The Balaban J connectivity index is 1.82. The highest BCUT2D eigenvalue weighted by Gasteiger charge is 2.23. The highest BCUT2D eigenvalue weighted by Crippen LogP contribution is 2.34. The van der Waals surface area contributed by atoms with Gasteiger partial charge in [-0.3, -0.25) is 10.1 Å². The van der Waals surface area contributed by atoms with Crippen molar-refractivity contribution >= 4 is 23.4 Å². The van der Waals surface area contributed by atoms with Gasteiger partial charge in [0.15, 0.2) is 6.79 Å². The minimum Gasteiger partial charge on any atom is -0.467 e. The Kier molecular flexibility index (Phi) is 5.87. The van der Waals surface area contributed by atoms with E-state index in [1.54, 1.807) is 0 Å². The van der Waals surface area contributed by atoms with E-state index in [4.69, 9.17) is 14.2 Å². The summed E-state index contributed by atoms with van der Waals surface area (Å²) >= 11 is 0.240. The molecule has 0 bridgehead atoms. The van der Waals surface area contributed by atoms with Crippen LogP contribution < -0.4 is 4.74 Å². The first-order valence-corrected chi connectivity index (χ1v) is 8.55. The summed E-state index contributed by atoms with van der Waals surface area (Å²) in [5.74, 6) is -3.14. The number of benzene rings is 2. The molecule has 0 spiro atoms. The number of nitro benzene ring substituents is 1. The highest BCUT2D eigenvalue weighted by atomic mass is 32.2. The fraction of sp³-hybridized carbons (Fsp3) is 0.235. The standard InChI is InChI=1S/C17H13F2NO6S/c18-17(19)27-14-4-2-1-3-13(14)16(21)25-8-11-6-12(20(22)23)5-10-7-24-9-26-15(10)11/h1-6,17H,7-9H2. The molecule has 3 rings (SSSR count). The molecule has 1 aliphatic heterocycles. The second kappa shape index (κ2) is 8.31. The summed E-state index contributed by atoms with van der Waals surface area (Å²) in [6, 6.07) is 8.41. The summed E-state index contributed by atoms with van der Waals surface area (Å²) in [6.45, 7) is -0.206. The van der Waals surface area contributed by atoms with Gasteiger partial charge in [-0.05, 0) is 12.1 Å². The molecule has 0 saturated carbocycles. The van der Waals surface area contributed by atoms with Crippen LogP contribution in [0.15, 0.2) is 41.3 Å². The minimum absolute atomic E-state index is 0.00801. The average molecular weight is 397 g/mol. The van der Waals surface area contributed by atoms with Crippen molar-refractivity contribution in [1.82, 2.24) is 0 Å². The molecule has 10 heteroatoms. The van der Waals surface area contributed by atoms with E-state index >= 15 is 0 Å². The van der Waals surface area contributed by atoms with Crippen LogP contribution in [-0.4, -0.2) is 23.4 Å². The van der Waals surface area contributed by atoms with Crippen LogP contribution in [0.2, 0.25) is 0 Å². The lowest BCUT2D eigenvalue weighted by Crippen LogP contribution is -2.15. The molecule has 142 valence electrons. The lowest BCUT2D eigenvalue weighted by atomic mass is 10.1. The molecule has 7 nitrogen and oxygen atoms in total. The Morgan fingerprint density at radius 1 is 1.33 bits per heavy atom. The number of alkyl halides is 2. The number of esters is 1. The van der Waals surface area contributed by atoms with Crippen LogP contribution in [0.3, 0.4) is 0 Å². The number of fused-ring (bicyclic) bond motifs is 1. The number of nitrogens with zero attached hydrogens (tertiary/aromatic N) is 1. The molecular formula is C17H13F2NO6S. The number of carbonyl (C=O) groups is 1. The Morgan fingerprint density at radius 3 is 2.85 bits per heavy atom. The van der Waals surface area contributed by atoms with Gasteiger partial charge in [0.05, 0.1) is 17.1 Å². The fourth-order valence-corrected chi connectivity index (χ4v) is 3.18. The SMILES string of the molecule is O=C(OCc1cc([N+](=O)[O-])cc2c1OCOC2)c1ccccc1SC(F)F. The smallest absolute Gasteiger partial charge is 0.339 e. The fourth-order valence-electron chi connectivity index (χ4n) is 2.55. The largest absolute Gasteiger partial charge is 0.467 e. The lowest BCUT2D eigenvalue weighted by Gasteiger charge is -2.20. The van der Waals surface area contributed by atoms with Crippen LogP contribution in [0, 0.1) is 10.1 Å². The van der Waals surface area contributed by atoms with Crippen molar-refractivity contribution in [3.63, 3.8) is 0 Å². The predicted molar refractivity (Wildman–Crippen MR) is 90.8 cm³/mol. The van der Waals surface area contributed by atoms with E-state index in [1.807, 2.05) is 0 Å². The zero-order valence-corrected chi connectivity index (χ0v) is 14.5. The number of rotatable bonds is 6. The van der Waals surface area contributed by atoms with Crippen molar-refractivity contribution in [3.05, 3.63) is 63.2 Å². The normalized spacial score (nSPS) is 13.0. The van der Waals surface area contributed by atoms with Crippen molar-refractivity contribution in [2.45, 2.75) is 23.9 Å². The molecule has 27 heavy (non-hydrogen) atoms. The van der Waals surface area contributed by atoms with Crippen molar-refractivity contribution in [2.24, 2.45) is 0 Å². The molecule has 0 amide bonds. The molecular weight excluding hydrogens is 384 g/mol. The number of ether oxygens (including phenoxy) is 3. The second-order valence-electron chi connectivity index (χ2n) is 5.41. The number of non-ortho nitro benzene ring substituents is 1. The molecule has 0 atom stereocenters. The second-order valence-corrected chi connectivity index (χ2v) is 6.44. The number of carbonyl (C=O) groups excluding carboxylic acids is 1. The third-order valence-electron chi connectivity index (χ3n) is 3.66. The van der Waals surface area contributed by atoms with Crippen LogP contribution in [-0.2, 0) is 22.7 Å². The zero-order chi connectivity index (χ0) is 19.4. The summed E-state index contributed by atoms with van der Waals surface area (Å²) in [5, 5.41) is 11.1. The average Bonchev–Trinajstić information content (AvgIpc) is 2.65. The van der Waals surface area contributed by atoms with E-state index in [0.717, 1.165) is 0 Å². The Hall–Kier alpha value is -2.72. The van der Waals surface area contributed by atoms with E-state index in [0.29, 0.717) is 16.9 Å². The van der Waals surface area contributed by atoms with Crippen LogP contribution in [0.25, 0.3) is 0 Å². The summed E-state index contributed by atoms with van der Waals surface area (Å²) in [5.41, 5.74) is 0.568. The first-order chi connectivity index (χ1) is 13.0. The topological polar surface area (TPSA) is 87.9 Å². The zero-order valence-electron chi connectivity index (χ0n) is 13.7. The monoisotopic (exact) mass is 397 g/mol. The van der Waals surface area contributed by atoms with Crippen molar-refractivity contribution in [3.8, 4) is 5.75 Å². The summed E-state index contributed by atoms with van der Waals surface area (Å²) in [7, 11) is 0. The Morgan fingerprint density at radius 2 is 2.11 bits per heavy atom.